The molecule has 3 amide bonds. The third-order valence-electron chi connectivity index (χ3n) is 4.58. The van der Waals surface area contributed by atoms with E-state index in [1.807, 2.05) is 0 Å². The minimum absolute atomic E-state index is 0. The Hall–Kier alpha value is -2.60. The van der Waals surface area contributed by atoms with Gasteiger partial charge in [-0.2, -0.15) is 0 Å². The SMILES string of the molecule is COC(=O)[C@@H]1[C@H](NC(=O)C(=NOCc2ccccc2)c2csc(NC(=O)CCl)n2)C(=O)N1S(=O)(=O)[O-].[Na+]. The first-order chi connectivity index (χ1) is 17.1. The summed E-state index contributed by atoms with van der Waals surface area (Å²) in [5.74, 6) is -4.56. The van der Waals surface area contributed by atoms with Gasteiger partial charge in [-0.15, -0.1) is 22.9 Å². The number of nitrogens with one attached hydrogen (secondary N) is 2. The molecule has 1 aromatic carbocycles. The van der Waals surface area contributed by atoms with E-state index in [-0.39, 0.29) is 57.2 Å². The van der Waals surface area contributed by atoms with Gasteiger partial charge in [0.2, 0.25) is 5.91 Å². The Morgan fingerprint density at radius 1 is 1.27 bits per heavy atom. The van der Waals surface area contributed by atoms with Gasteiger partial charge < -0.3 is 24.8 Å². The van der Waals surface area contributed by atoms with Crippen LogP contribution in [0.25, 0.3) is 0 Å². The number of β-lactam (4-membered cyclic amide) rings is 1. The fourth-order valence-electron chi connectivity index (χ4n) is 2.96. The van der Waals surface area contributed by atoms with Crippen LogP contribution in [0.5, 0.6) is 0 Å². The van der Waals surface area contributed by atoms with E-state index >= 15 is 0 Å². The molecule has 1 aromatic heterocycles. The van der Waals surface area contributed by atoms with Crippen molar-refractivity contribution >= 4 is 67.8 Å². The third kappa shape index (κ3) is 7.47. The first kappa shape index (κ1) is 30.6. The third-order valence-corrected chi connectivity index (χ3v) is 6.47. The van der Waals surface area contributed by atoms with E-state index in [4.69, 9.17) is 16.4 Å². The first-order valence-corrected chi connectivity index (χ1v) is 12.6. The Balaban J connectivity index is 0.00000481. The number of halogens is 1. The molecular formula is C19H17ClN5NaO9S2. The van der Waals surface area contributed by atoms with E-state index in [1.54, 1.807) is 30.3 Å². The molecule has 2 atom stereocenters. The molecule has 0 saturated carbocycles. The molecule has 3 rings (SSSR count). The minimum atomic E-state index is -5.35. The second-order valence-corrected chi connectivity index (χ2v) is 9.30. The number of methoxy groups -OCH3 is 1. The molecule has 1 fully saturated rings. The van der Waals surface area contributed by atoms with Crippen LogP contribution in [0.3, 0.4) is 0 Å². The first-order valence-electron chi connectivity index (χ1n) is 9.80. The van der Waals surface area contributed by atoms with Crippen LogP contribution >= 0.6 is 22.9 Å². The summed E-state index contributed by atoms with van der Waals surface area (Å²) < 4.78 is 38.3. The number of aromatic nitrogens is 1. The van der Waals surface area contributed by atoms with Crippen LogP contribution in [-0.4, -0.2) is 76.7 Å². The van der Waals surface area contributed by atoms with Gasteiger partial charge >= 0.3 is 35.5 Å². The van der Waals surface area contributed by atoms with E-state index < -0.39 is 51.8 Å². The van der Waals surface area contributed by atoms with E-state index in [9.17, 15) is 32.1 Å². The molecule has 1 saturated heterocycles. The van der Waals surface area contributed by atoms with Crippen LogP contribution in [0.1, 0.15) is 11.3 Å². The van der Waals surface area contributed by atoms with Crippen molar-refractivity contribution in [2.24, 2.45) is 5.16 Å². The molecule has 2 N–H and O–H groups in total. The standard InChI is InChI=1S/C19H18ClN5O9S2.Na/c1-33-18(29)15-14(17(28)25(15)36(30,31)32)23-16(27)13(24-34-8-10-5-3-2-4-6-10)11-9-35-19(21-11)22-12(26)7-20;/h2-6,9,14-15H,7-8H2,1H3,(H,23,27)(H,21,22,26)(H,30,31,32);/q;+1/p-1/t14-,15-;/m0./s1. The van der Waals surface area contributed by atoms with Crippen LogP contribution in [-0.2, 0) is 45.7 Å². The van der Waals surface area contributed by atoms with Gasteiger partial charge in [-0.3, -0.25) is 14.4 Å². The fraction of sp³-hybridized carbons (Fsp3) is 0.263. The van der Waals surface area contributed by atoms with E-state index in [0.29, 0.717) is 5.56 Å². The number of thiazole rings is 1. The Bertz CT molecular complexity index is 1310. The largest absolute Gasteiger partial charge is 1.00 e. The van der Waals surface area contributed by atoms with Crippen LogP contribution in [0.2, 0.25) is 0 Å². The summed E-state index contributed by atoms with van der Waals surface area (Å²) in [6, 6.07) is 5.14. The molecule has 37 heavy (non-hydrogen) atoms. The topological polar surface area (TPSA) is 196 Å². The number of carbonyl (C=O) groups excluding carboxylic acids is 4. The molecule has 2 heterocycles. The van der Waals surface area contributed by atoms with Crippen LogP contribution in [0.15, 0.2) is 40.9 Å². The molecule has 0 bridgehead atoms. The molecule has 192 valence electrons. The Kier molecular flexibility index (Phi) is 11.0. The smallest absolute Gasteiger partial charge is 0.731 e. The van der Waals surface area contributed by atoms with E-state index in [2.05, 4.69) is 25.5 Å². The number of esters is 1. The van der Waals surface area contributed by atoms with Crippen LogP contribution in [0, 0.1) is 0 Å². The predicted octanol–water partition coefficient (Wildman–Crippen LogP) is -3.43. The maximum atomic E-state index is 13.0. The number of hydrogen-bond donors (Lipinski definition) is 2. The second-order valence-electron chi connectivity index (χ2n) is 6.93. The molecule has 18 heteroatoms. The van der Waals surface area contributed by atoms with Crippen molar-refractivity contribution in [3.63, 3.8) is 0 Å². The number of carbonyl (C=O) groups is 4. The quantitative estimate of drug-likeness (QED) is 0.0542. The van der Waals surface area contributed by atoms with Crippen molar-refractivity contribution in [3.8, 4) is 0 Å². The van der Waals surface area contributed by atoms with E-state index in [1.165, 1.54) is 5.38 Å². The Labute approximate surface area is 241 Å². The molecule has 14 nitrogen and oxygen atoms in total. The summed E-state index contributed by atoms with van der Waals surface area (Å²) in [7, 11) is -4.44. The van der Waals surface area contributed by atoms with Gasteiger partial charge in [-0.25, -0.2) is 22.5 Å². The number of anilines is 1. The van der Waals surface area contributed by atoms with Crippen molar-refractivity contribution in [2.45, 2.75) is 18.7 Å². The molecule has 0 unspecified atom stereocenters. The summed E-state index contributed by atoms with van der Waals surface area (Å²) in [6.45, 7) is -0.0487. The number of amides is 3. The minimum Gasteiger partial charge on any atom is -0.731 e. The summed E-state index contributed by atoms with van der Waals surface area (Å²) >= 11 is 6.39. The molecule has 1 aliphatic rings. The molecule has 0 radical (unpaired) electrons. The van der Waals surface area contributed by atoms with Gasteiger partial charge in [0.1, 0.15) is 24.2 Å². The molecule has 0 spiro atoms. The van der Waals surface area contributed by atoms with Gasteiger partial charge in [0.15, 0.2) is 27.2 Å². The predicted molar refractivity (Wildman–Crippen MR) is 124 cm³/mol. The van der Waals surface area contributed by atoms with Crippen molar-refractivity contribution in [3.05, 3.63) is 47.0 Å². The normalized spacial score (nSPS) is 17.2. The number of ether oxygens (including phenoxy) is 1. The molecule has 1 aliphatic heterocycles. The van der Waals surface area contributed by atoms with Crippen molar-refractivity contribution in [1.82, 2.24) is 14.6 Å². The maximum Gasteiger partial charge on any atom is 1.00 e. The van der Waals surface area contributed by atoms with Crippen molar-refractivity contribution < 1.29 is 71.3 Å². The van der Waals surface area contributed by atoms with Gasteiger partial charge in [-0.05, 0) is 5.56 Å². The zero-order valence-electron chi connectivity index (χ0n) is 19.2. The molecular weight excluding hydrogens is 565 g/mol. The van der Waals surface area contributed by atoms with Crippen LogP contribution in [0.4, 0.5) is 5.13 Å². The number of alkyl halides is 1. The summed E-state index contributed by atoms with van der Waals surface area (Å²) in [6.07, 6.45) is 0. The number of rotatable bonds is 10. The van der Waals surface area contributed by atoms with Gasteiger partial charge in [0, 0.05) is 5.38 Å². The number of hydrogen-bond acceptors (Lipinski definition) is 12. The van der Waals surface area contributed by atoms with Gasteiger partial charge in [0.05, 0.1) is 7.11 Å². The number of nitrogens with zero attached hydrogens (tertiary/aromatic N) is 3. The van der Waals surface area contributed by atoms with Gasteiger partial charge in [-0.1, -0.05) is 35.5 Å². The summed E-state index contributed by atoms with van der Waals surface area (Å²) in [5.41, 5.74) is 0.170. The second kappa shape index (κ2) is 13.3. The van der Waals surface area contributed by atoms with E-state index in [0.717, 1.165) is 18.4 Å². The fourth-order valence-corrected chi connectivity index (χ4v) is 4.56. The molecule has 0 aliphatic carbocycles. The Morgan fingerprint density at radius 3 is 2.54 bits per heavy atom. The Morgan fingerprint density at radius 2 is 1.95 bits per heavy atom. The molecule has 2 aromatic rings. The monoisotopic (exact) mass is 581 g/mol. The van der Waals surface area contributed by atoms with Gasteiger partial charge in [0.25, 0.3) is 11.8 Å². The van der Waals surface area contributed by atoms with Crippen LogP contribution < -0.4 is 40.2 Å². The summed E-state index contributed by atoms with van der Waals surface area (Å²) in [4.78, 5) is 58.1. The average molecular weight is 582 g/mol. The number of oxime groups is 1. The maximum absolute atomic E-state index is 13.0. The zero-order valence-corrected chi connectivity index (χ0v) is 23.6. The summed E-state index contributed by atoms with van der Waals surface area (Å²) in [5, 5.41) is 9.76. The number of benzene rings is 1. The average Bonchev–Trinajstić information content (AvgIpc) is 3.30. The zero-order chi connectivity index (χ0) is 26.5. The van der Waals surface area contributed by atoms with Crippen molar-refractivity contribution in [2.75, 3.05) is 18.3 Å². The van der Waals surface area contributed by atoms with Crippen molar-refractivity contribution in [1.29, 1.82) is 0 Å².